The van der Waals surface area contributed by atoms with Gasteiger partial charge >= 0.3 is 0 Å². The fourth-order valence-corrected chi connectivity index (χ4v) is 6.49. The third kappa shape index (κ3) is 8.42. The van der Waals surface area contributed by atoms with Gasteiger partial charge in [0.05, 0.1) is 32.5 Å². The molecule has 0 radical (unpaired) electrons. The molecule has 2 atom stereocenters. The van der Waals surface area contributed by atoms with Gasteiger partial charge in [-0.1, -0.05) is 95.2 Å². The van der Waals surface area contributed by atoms with Gasteiger partial charge in [0.2, 0.25) is 0 Å². The van der Waals surface area contributed by atoms with Gasteiger partial charge in [0.15, 0.2) is 0 Å². The molecule has 0 heterocycles. The molecule has 38 heavy (non-hydrogen) atoms. The molecule has 0 aliphatic carbocycles. The Morgan fingerprint density at radius 2 is 0.684 bits per heavy atom. The Hall–Kier alpha value is -1.66. The van der Waals surface area contributed by atoms with E-state index in [-0.39, 0.29) is 34.7 Å². The molecule has 214 valence electrons. The third-order valence-electron chi connectivity index (χ3n) is 6.93. The predicted octanol–water partition coefficient (Wildman–Crippen LogP) is 8.49. The fraction of sp³-hybridized carbons (Fsp3) is 0.625. The van der Waals surface area contributed by atoms with Crippen LogP contribution in [0.4, 0.5) is 0 Å². The van der Waals surface area contributed by atoms with E-state index < -0.39 is 19.5 Å². The van der Waals surface area contributed by atoms with Crippen LogP contribution in [-0.2, 0) is 41.1 Å². The number of hydrogen-bond acceptors (Lipinski definition) is 4. The normalized spacial score (nSPS) is 16.5. The molecule has 2 aromatic carbocycles. The second kappa shape index (κ2) is 10.7. The van der Waals surface area contributed by atoms with Crippen molar-refractivity contribution in [2.75, 3.05) is 25.6 Å². The molecule has 2 rings (SSSR count). The summed E-state index contributed by atoms with van der Waals surface area (Å²) in [5.74, 6) is 0. The minimum atomic E-state index is -2.64. The van der Waals surface area contributed by atoms with E-state index in [0.29, 0.717) is 0 Å². The van der Waals surface area contributed by atoms with Gasteiger partial charge in [0.1, 0.15) is 0 Å². The van der Waals surface area contributed by atoms with Crippen molar-refractivity contribution in [3.8, 4) is 0 Å². The van der Waals surface area contributed by atoms with Gasteiger partial charge < -0.3 is 0 Å². The monoisotopic (exact) mass is 560 g/mol. The molecule has 0 fully saturated rings. The van der Waals surface area contributed by atoms with Gasteiger partial charge in [-0.25, -0.2) is 17.1 Å². The summed E-state index contributed by atoms with van der Waals surface area (Å²) in [5.41, 5.74) is 4.34. The highest BCUT2D eigenvalue weighted by Crippen LogP contribution is 2.33. The van der Waals surface area contributed by atoms with Crippen LogP contribution in [0.1, 0.15) is 105 Å². The Morgan fingerprint density at radius 3 is 0.868 bits per heavy atom. The Balaban J connectivity index is 2.47. The van der Waals surface area contributed by atoms with E-state index in [4.69, 9.17) is 0 Å². The topological polar surface area (TPSA) is 58.9 Å². The highest BCUT2D eigenvalue weighted by Gasteiger charge is 2.24. The van der Waals surface area contributed by atoms with Crippen molar-refractivity contribution >= 4 is 19.5 Å². The molecule has 0 bridgehead atoms. The minimum absolute atomic E-state index is 0.0674. The van der Waals surface area contributed by atoms with Crippen molar-refractivity contribution in [1.82, 2.24) is 0 Å². The smallest absolute Gasteiger partial charge is 0.0723 e. The summed E-state index contributed by atoms with van der Waals surface area (Å²) >= 11 is 0. The molecule has 0 N–H and O–H groups in total. The van der Waals surface area contributed by atoms with Gasteiger partial charge in [-0.15, -0.1) is 0 Å². The SMILES string of the molecule is CC(C)(C)c1cc(C(C)(C)C)cc(S(C)(=O)=NCCN=S(C)(=O)c2cc(C(C)(C)C)cc(C(C)(C)C)c2)c1. The van der Waals surface area contributed by atoms with Crippen LogP contribution in [0.15, 0.2) is 54.9 Å². The van der Waals surface area contributed by atoms with Crippen LogP contribution in [0.25, 0.3) is 0 Å². The van der Waals surface area contributed by atoms with E-state index in [1.54, 1.807) is 12.5 Å². The number of rotatable bonds is 5. The molecule has 0 saturated carbocycles. The molecule has 0 saturated heterocycles. The summed E-state index contributed by atoms with van der Waals surface area (Å²) in [5, 5.41) is 0. The van der Waals surface area contributed by atoms with Crippen LogP contribution >= 0.6 is 0 Å². The first-order valence-corrected chi connectivity index (χ1v) is 17.4. The van der Waals surface area contributed by atoms with Crippen LogP contribution in [0.3, 0.4) is 0 Å². The standard InChI is InChI=1S/C32H52N2O2S2/c1-29(2,3)23-17-24(30(4,5)6)20-27(19-23)37(13,35)33-15-16-34-38(14,36)28-21-25(31(7,8)9)18-26(22-28)32(10,11)12/h17-22H,15-16H2,1-14H3. The van der Waals surface area contributed by atoms with Gasteiger partial charge in [-0.2, -0.15) is 0 Å². The lowest BCUT2D eigenvalue weighted by Crippen LogP contribution is -2.18. The van der Waals surface area contributed by atoms with Gasteiger partial charge in [-0.05, 0) is 68.2 Å². The first-order valence-electron chi connectivity index (χ1n) is 13.5. The summed E-state index contributed by atoms with van der Waals surface area (Å²) < 4.78 is 36.7. The summed E-state index contributed by atoms with van der Waals surface area (Å²) in [6, 6.07) is 12.6. The van der Waals surface area contributed by atoms with Crippen molar-refractivity contribution in [3.63, 3.8) is 0 Å². The van der Waals surface area contributed by atoms with Gasteiger partial charge in [0, 0.05) is 22.3 Å². The molecular weight excluding hydrogens is 508 g/mol. The summed E-state index contributed by atoms with van der Waals surface area (Å²) in [6.45, 7) is 26.6. The number of nitrogens with zero attached hydrogens (tertiary/aromatic N) is 2. The number of benzene rings is 2. The number of hydrogen-bond donors (Lipinski definition) is 0. The van der Waals surface area contributed by atoms with Crippen LogP contribution in [0.5, 0.6) is 0 Å². The summed E-state index contributed by atoms with van der Waals surface area (Å²) in [4.78, 5) is 1.50. The molecule has 2 unspecified atom stereocenters. The van der Waals surface area contributed by atoms with E-state index in [0.717, 1.165) is 32.0 Å². The van der Waals surface area contributed by atoms with E-state index in [1.807, 2.05) is 24.3 Å². The predicted molar refractivity (Wildman–Crippen MR) is 167 cm³/mol. The van der Waals surface area contributed by atoms with E-state index in [1.165, 1.54) is 0 Å². The van der Waals surface area contributed by atoms with E-state index >= 15 is 0 Å². The maximum atomic E-state index is 13.8. The lowest BCUT2D eigenvalue weighted by molar-refractivity contribution is 0.564. The maximum Gasteiger partial charge on any atom is 0.0723 e. The molecule has 0 amide bonds. The molecule has 6 heteroatoms. The van der Waals surface area contributed by atoms with Crippen LogP contribution in [-0.4, -0.2) is 34.0 Å². The minimum Gasteiger partial charge on any atom is -0.245 e. The molecular formula is C32H52N2O2S2. The molecule has 0 aromatic heterocycles. The zero-order valence-corrected chi connectivity index (χ0v) is 28.0. The zero-order valence-electron chi connectivity index (χ0n) is 26.4. The molecule has 2 aromatic rings. The van der Waals surface area contributed by atoms with E-state index in [9.17, 15) is 8.42 Å². The van der Waals surface area contributed by atoms with Crippen molar-refractivity contribution < 1.29 is 8.42 Å². The maximum absolute atomic E-state index is 13.8. The van der Waals surface area contributed by atoms with E-state index in [2.05, 4.69) is 104 Å². The van der Waals surface area contributed by atoms with Crippen molar-refractivity contribution in [2.45, 2.75) is 115 Å². The second-order valence-corrected chi connectivity index (χ2v) is 19.5. The van der Waals surface area contributed by atoms with Crippen LogP contribution < -0.4 is 0 Å². The van der Waals surface area contributed by atoms with Crippen molar-refractivity contribution in [3.05, 3.63) is 58.7 Å². The Morgan fingerprint density at radius 1 is 0.474 bits per heavy atom. The first kappa shape index (κ1) is 32.6. The molecule has 0 aliphatic rings. The van der Waals surface area contributed by atoms with Crippen LogP contribution in [0.2, 0.25) is 0 Å². The average molecular weight is 561 g/mol. The highest BCUT2D eigenvalue weighted by atomic mass is 32.2. The quantitative estimate of drug-likeness (QED) is 0.344. The van der Waals surface area contributed by atoms with Crippen molar-refractivity contribution in [2.24, 2.45) is 8.73 Å². The van der Waals surface area contributed by atoms with Gasteiger partial charge in [0.25, 0.3) is 0 Å². The Bertz CT molecular complexity index is 1230. The van der Waals surface area contributed by atoms with Crippen molar-refractivity contribution in [1.29, 1.82) is 0 Å². The summed E-state index contributed by atoms with van der Waals surface area (Å²) in [6.07, 6.45) is 3.40. The average Bonchev–Trinajstić information content (AvgIpc) is 2.73. The summed E-state index contributed by atoms with van der Waals surface area (Å²) in [7, 11) is -5.28. The molecule has 0 spiro atoms. The fourth-order valence-electron chi connectivity index (χ4n) is 3.95. The highest BCUT2D eigenvalue weighted by molar-refractivity contribution is 7.93. The first-order chi connectivity index (χ1) is 16.8. The Labute approximate surface area is 234 Å². The molecule has 4 nitrogen and oxygen atoms in total. The lowest BCUT2D eigenvalue weighted by Gasteiger charge is -2.26. The zero-order chi connectivity index (χ0) is 29.5. The Kier molecular flexibility index (Phi) is 9.19. The second-order valence-electron chi connectivity index (χ2n) is 14.8. The largest absolute Gasteiger partial charge is 0.245 e. The van der Waals surface area contributed by atoms with Crippen LogP contribution in [0, 0.1) is 0 Å². The lowest BCUT2D eigenvalue weighted by atomic mass is 9.81. The third-order valence-corrected chi connectivity index (χ3v) is 10.5. The van der Waals surface area contributed by atoms with Gasteiger partial charge in [-0.3, -0.25) is 0 Å². The molecule has 0 aliphatic heterocycles.